The molecule has 2 aliphatic rings. The first-order valence-electron chi connectivity index (χ1n) is 5.05. The molecule has 1 atom stereocenters. The van der Waals surface area contributed by atoms with Gasteiger partial charge in [-0.2, -0.15) is 0 Å². The van der Waals surface area contributed by atoms with Crippen LogP contribution in [0.3, 0.4) is 0 Å². The Bertz CT molecular complexity index is 265. The van der Waals surface area contributed by atoms with Crippen LogP contribution in [0.15, 0.2) is 12.2 Å². The minimum atomic E-state index is -0.0540. The average molecular weight is 196 g/mol. The molecule has 2 fully saturated rings. The molecule has 78 valence electrons. The quantitative estimate of drug-likeness (QED) is 0.556. The number of fused-ring (bicyclic) bond motifs is 1. The van der Waals surface area contributed by atoms with Crippen LogP contribution in [0.5, 0.6) is 0 Å². The highest BCUT2D eigenvalue weighted by atomic mass is 16.5. The predicted molar refractivity (Wildman–Crippen MR) is 52.7 cm³/mol. The van der Waals surface area contributed by atoms with Crippen molar-refractivity contribution in [2.24, 2.45) is 0 Å². The van der Waals surface area contributed by atoms with E-state index in [4.69, 9.17) is 4.74 Å². The molecular formula is C10H16N2O2. The Morgan fingerprint density at radius 1 is 1.57 bits per heavy atom. The lowest BCUT2D eigenvalue weighted by Crippen LogP contribution is -2.59. The number of rotatable bonds is 1. The van der Waals surface area contributed by atoms with Gasteiger partial charge in [0.2, 0.25) is 0 Å². The molecule has 0 spiro atoms. The van der Waals surface area contributed by atoms with Gasteiger partial charge < -0.3 is 9.64 Å². The second-order valence-electron chi connectivity index (χ2n) is 3.76. The van der Waals surface area contributed by atoms with Crippen molar-refractivity contribution >= 4 is 5.91 Å². The monoisotopic (exact) mass is 196 g/mol. The molecule has 0 saturated carbocycles. The lowest BCUT2D eigenvalue weighted by molar-refractivity contribution is -0.160. The number of nitrogens with zero attached hydrogens (tertiary/aromatic N) is 2. The minimum absolute atomic E-state index is 0.0540. The average Bonchev–Trinajstić information content (AvgIpc) is 2.23. The summed E-state index contributed by atoms with van der Waals surface area (Å²) in [6.07, 6.45) is -0.0540. The molecule has 14 heavy (non-hydrogen) atoms. The van der Waals surface area contributed by atoms with Gasteiger partial charge in [0, 0.05) is 25.2 Å². The second kappa shape index (κ2) is 3.71. The highest BCUT2D eigenvalue weighted by Gasteiger charge is 2.35. The lowest BCUT2D eigenvalue weighted by Gasteiger charge is -2.43. The van der Waals surface area contributed by atoms with Crippen LogP contribution in [-0.4, -0.2) is 54.7 Å². The molecular weight excluding hydrogens is 180 g/mol. The van der Waals surface area contributed by atoms with Gasteiger partial charge in [-0.05, 0) is 6.54 Å². The van der Waals surface area contributed by atoms with Crippen LogP contribution in [0, 0.1) is 0 Å². The van der Waals surface area contributed by atoms with Gasteiger partial charge in [0.15, 0.2) is 0 Å². The lowest BCUT2D eigenvalue weighted by atomic mass is 10.2. The normalized spacial score (nSPS) is 29.2. The Morgan fingerprint density at radius 2 is 2.36 bits per heavy atom. The van der Waals surface area contributed by atoms with E-state index in [1.54, 1.807) is 4.90 Å². The van der Waals surface area contributed by atoms with Gasteiger partial charge in [-0.3, -0.25) is 9.69 Å². The van der Waals surface area contributed by atoms with E-state index in [0.717, 1.165) is 26.2 Å². The van der Waals surface area contributed by atoms with E-state index in [1.807, 2.05) is 0 Å². The maximum Gasteiger partial charge on any atom is 0.253 e. The Balaban J connectivity index is 2.05. The number of ether oxygens (including phenoxy) is 1. The van der Waals surface area contributed by atoms with Crippen molar-refractivity contribution in [1.29, 1.82) is 0 Å². The molecule has 2 rings (SSSR count). The standard InChI is InChI=1S/C10H16N2O2/c1-3-11-4-5-12-9(6-11)14-7-8(2)10(12)13/h9H,2-7H2,1H3. The van der Waals surface area contributed by atoms with Crippen molar-refractivity contribution in [2.75, 3.05) is 32.8 Å². The molecule has 0 aliphatic carbocycles. The molecule has 2 aliphatic heterocycles. The maximum absolute atomic E-state index is 11.7. The van der Waals surface area contributed by atoms with Crippen LogP contribution in [0.1, 0.15) is 6.92 Å². The van der Waals surface area contributed by atoms with Gasteiger partial charge in [-0.15, -0.1) is 0 Å². The highest BCUT2D eigenvalue weighted by molar-refractivity contribution is 5.93. The maximum atomic E-state index is 11.7. The first-order chi connectivity index (χ1) is 6.72. The third-order valence-corrected chi connectivity index (χ3v) is 2.88. The van der Waals surface area contributed by atoms with E-state index >= 15 is 0 Å². The van der Waals surface area contributed by atoms with Crippen LogP contribution in [0.4, 0.5) is 0 Å². The van der Waals surface area contributed by atoms with E-state index in [0.29, 0.717) is 12.2 Å². The van der Waals surface area contributed by atoms with E-state index in [9.17, 15) is 4.79 Å². The zero-order valence-corrected chi connectivity index (χ0v) is 8.53. The second-order valence-corrected chi connectivity index (χ2v) is 3.76. The Labute approximate surface area is 84.1 Å². The van der Waals surface area contributed by atoms with E-state index in [1.165, 1.54) is 0 Å². The number of carbonyl (C=O) groups excluding carboxylic acids is 1. The van der Waals surface area contributed by atoms with Crippen molar-refractivity contribution in [3.05, 3.63) is 12.2 Å². The van der Waals surface area contributed by atoms with Crippen LogP contribution in [0.25, 0.3) is 0 Å². The van der Waals surface area contributed by atoms with Gasteiger partial charge in [0.1, 0.15) is 6.23 Å². The zero-order valence-electron chi connectivity index (χ0n) is 8.53. The first kappa shape index (κ1) is 9.68. The van der Waals surface area contributed by atoms with Crippen molar-refractivity contribution in [3.8, 4) is 0 Å². The smallest absolute Gasteiger partial charge is 0.253 e. The van der Waals surface area contributed by atoms with Crippen LogP contribution >= 0.6 is 0 Å². The first-order valence-corrected chi connectivity index (χ1v) is 5.05. The Morgan fingerprint density at radius 3 is 3.07 bits per heavy atom. The number of amides is 1. The molecule has 2 saturated heterocycles. The van der Waals surface area contributed by atoms with Gasteiger partial charge >= 0.3 is 0 Å². The fourth-order valence-corrected chi connectivity index (χ4v) is 1.93. The summed E-state index contributed by atoms with van der Waals surface area (Å²) in [6, 6.07) is 0. The predicted octanol–water partition coefficient (Wildman–Crippen LogP) is 0.0630. The summed E-state index contributed by atoms with van der Waals surface area (Å²) in [5.74, 6) is 0.0667. The summed E-state index contributed by atoms with van der Waals surface area (Å²) in [6.45, 7) is 9.75. The molecule has 0 aromatic heterocycles. The summed E-state index contributed by atoms with van der Waals surface area (Å²) in [7, 11) is 0. The summed E-state index contributed by atoms with van der Waals surface area (Å²) < 4.78 is 5.56. The van der Waals surface area contributed by atoms with Gasteiger partial charge in [0.05, 0.1) is 6.61 Å². The van der Waals surface area contributed by atoms with Crippen molar-refractivity contribution < 1.29 is 9.53 Å². The van der Waals surface area contributed by atoms with Crippen LogP contribution in [-0.2, 0) is 9.53 Å². The zero-order chi connectivity index (χ0) is 10.1. The summed E-state index contributed by atoms with van der Waals surface area (Å²) in [5, 5.41) is 0. The molecule has 1 unspecified atom stereocenters. The molecule has 0 radical (unpaired) electrons. The van der Waals surface area contributed by atoms with E-state index < -0.39 is 0 Å². The molecule has 2 heterocycles. The third kappa shape index (κ3) is 1.55. The number of carbonyl (C=O) groups is 1. The van der Waals surface area contributed by atoms with Gasteiger partial charge in [-0.25, -0.2) is 0 Å². The largest absolute Gasteiger partial charge is 0.352 e. The molecule has 4 heteroatoms. The topological polar surface area (TPSA) is 32.8 Å². The highest BCUT2D eigenvalue weighted by Crippen LogP contribution is 2.19. The number of likely N-dealkylation sites (N-methyl/N-ethyl adjacent to an activating group) is 1. The fourth-order valence-electron chi connectivity index (χ4n) is 1.93. The van der Waals surface area contributed by atoms with Crippen molar-refractivity contribution in [3.63, 3.8) is 0 Å². The minimum Gasteiger partial charge on any atom is -0.352 e. The molecule has 0 bridgehead atoms. The van der Waals surface area contributed by atoms with E-state index in [-0.39, 0.29) is 12.1 Å². The summed E-state index contributed by atoms with van der Waals surface area (Å²) in [5.41, 5.74) is 0.575. The molecule has 0 aromatic rings. The molecule has 1 amide bonds. The van der Waals surface area contributed by atoms with Crippen molar-refractivity contribution in [2.45, 2.75) is 13.2 Å². The summed E-state index contributed by atoms with van der Waals surface area (Å²) in [4.78, 5) is 15.8. The van der Waals surface area contributed by atoms with E-state index in [2.05, 4.69) is 18.4 Å². The van der Waals surface area contributed by atoms with Crippen LogP contribution < -0.4 is 0 Å². The van der Waals surface area contributed by atoms with Gasteiger partial charge in [-0.1, -0.05) is 13.5 Å². The van der Waals surface area contributed by atoms with Crippen LogP contribution in [0.2, 0.25) is 0 Å². The Hall–Kier alpha value is -0.870. The summed E-state index contributed by atoms with van der Waals surface area (Å²) >= 11 is 0. The Kier molecular flexibility index (Phi) is 2.56. The molecule has 4 nitrogen and oxygen atoms in total. The van der Waals surface area contributed by atoms with Crippen molar-refractivity contribution in [1.82, 2.24) is 9.80 Å². The fraction of sp³-hybridized carbons (Fsp3) is 0.700. The molecule has 0 aromatic carbocycles. The number of piperazine rings is 1. The number of hydrogen-bond acceptors (Lipinski definition) is 3. The third-order valence-electron chi connectivity index (χ3n) is 2.88. The SMILES string of the molecule is C=C1COC2CN(CC)CCN2C1=O. The van der Waals surface area contributed by atoms with Gasteiger partial charge in [0.25, 0.3) is 5.91 Å². The molecule has 0 N–H and O–H groups in total. The number of hydrogen-bond donors (Lipinski definition) is 0.